The van der Waals surface area contributed by atoms with Crippen LogP contribution in [0.4, 0.5) is 0 Å². The molecule has 0 fully saturated rings. The van der Waals surface area contributed by atoms with Crippen molar-refractivity contribution >= 4 is 11.8 Å². The first-order chi connectivity index (χ1) is 14.8. The molecule has 0 radical (unpaired) electrons. The molecule has 0 saturated carbocycles. The molecule has 30 heavy (non-hydrogen) atoms. The lowest BCUT2D eigenvalue weighted by Crippen LogP contribution is -2.16. The van der Waals surface area contributed by atoms with E-state index < -0.39 is 0 Å². The van der Waals surface area contributed by atoms with Gasteiger partial charge >= 0.3 is 0 Å². The van der Waals surface area contributed by atoms with E-state index in [9.17, 15) is 5.26 Å². The zero-order chi connectivity index (χ0) is 20.8. The Morgan fingerprint density at radius 3 is 2.10 bits per heavy atom. The second-order valence-corrected chi connectivity index (χ2v) is 7.70. The Labute approximate surface area is 180 Å². The Morgan fingerprint density at radius 2 is 1.47 bits per heavy atom. The number of pyridine rings is 3. The summed E-state index contributed by atoms with van der Waals surface area (Å²) in [5.41, 5.74) is 4.78. The summed E-state index contributed by atoms with van der Waals surface area (Å²) >= 11 is 1.62. The average Bonchev–Trinajstić information content (AvgIpc) is 2.83. The van der Waals surface area contributed by atoms with E-state index in [1.807, 2.05) is 61.1 Å². The van der Waals surface area contributed by atoms with Crippen LogP contribution in [0.3, 0.4) is 0 Å². The van der Waals surface area contributed by atoms with Gasteiger partial charge in [0.25, 0.3) is 0 Å². The zero-order valence-electron chi connectivity index (χ0n) is 16.5. The normalized spacial score (nSPS) is 12.7. The molecule has 1 aromatic carbocycles. The van der Waals surface area contributed by atoms with Gasteiger partial charge in [-0.15, -0.1) is 11.8 Å². The van der Waals surface area contributed by atoms with Gasteiger partial charge in [-0.1, -0.05) is 30.3 Å². The Balaban J connectivity index is 1.96. The molecule has 146 valence electrons. The summed E-state index contributed by atoms with van der Waals surface area (Å²) in [4.78, 5) is 13.7. The average molecular weight is 409 g/mol. The summed E-state index contributed by atoms with van der Waals surface area (Å²) in [5.74, 6) is -0.148. The Hall–Kier alpha value is -3.49. The summed E-state index contributed by atoms with van der Waals surface area (Å²) in [6, 6.07) is 24.2. The topological polar surface area (TPSA) is 62.5 Å². The highest BCUT2D eigenvalue weighted by Crippen LogP contribution is 2.42. The van der Waals surface area contributed by atoms with Gasteiger partial charge in [0.15, 0.2) is 0 Å². The molecule has 3 aromatic heterocycles. The Bertz CT molecular complexity index is 1160. The van der Waals surface area contributed by atoms with Crippen molar-refractivity contribution in [1.29, 1.82) is 5.26 Å². The van der Waals surface area contributed by atoms with E-state index in [1.165, 1.54) is 0 Å². The van der Waals surface area contributed by atoms with E-state index in [0.717, 1.165) is 27.4 Å². The number of nitrogens with zero attached hydrogens (tertiary/aromatic N) is 4. The molecule has 0 aliphatic rings. The molecule has 4 rings (SSSR count). The van der Waals surface area contributed by atoms with Gasteiger partial charge in [-0.25, -0.2) is 4.98 Å². The lowest BCUT2D eigenvalue weighted by molar-refractivity contribution is 0.663. The maximum atomic E-state index is 9.47. The van der Waals surface area contributed by atoms with Crippen LogP contribution in [0.1, 0.15) is 39.8 Å². The number of hydrogen-bond donors (Lipinski definition) is 0. The van der Waals surface area contributed by atoms with E-state index in [4.69, 9.17) is 4.98 Å². The van der Waals surface area contributed by atoms with Gasteiger partial charge in [0, 0.05) is 36.6 Å². The van der Waals surface area contributed by atoms with Crippen LogP contribution in [0.25, 0.3) is 0 Å². The molecule has 0 aliphatic heterocycles. The first-order valence-electron chi connectivity index (χ1n) is 9.61. The molecule has 5 heteroatoms. The molecular weight excluding hydrogens is 388 g/mol. The van der Waals surface area contributed by atoms with Crippen molar-refractivity contribution in [3.63, 3.8) is 0 Å². The van der Waals surface area contributed by atoms with Gasteiger partial charge in [-0.3, -0.25) is 9.97 Å². The third-order valence-corrected chi connectivity index (χ3v) is 5.71. The van der Waals surface area contributed by atoms with Crippen LogP contribution in [0.2, 0.25) is 0 Å². The first kappa shape index (κ1) is 19.8. The molecule has 0 bridgehead atoms. The van der Waals surface area contributed by atoms with E-state index in [0.29, 0.717) is 5.56 Å². The Kier molecular flexibility index (Phi) is 6.17. The number of benzene rings is 1. The van der Waals surface area contributed by atoms with Crippen molar-refractivity contribution in [3.8, 4) is 6.07 Å². The zero-order valence-corrected chi connectivity index (χ0v) is 17.3. The van der Waals surface area contributed by atoms with Crippen molar-refractivity contribution in [2.75, 3.05) is 6.26 Å². The minimum absolute atomic E-state index is 0.0687. The summed E-state index contributed by atoms with van der Waals surface area (Å²) in [6.07, 6.45) is 9.38. The number of thioether (sulfide) groups is 1. The molecule has 0 aliphatic carbocycles. The number of aromatic nitrogens is 3. The van der Waals surface area contributed by atoms with Crippen LogP contribution in [0.5, 0.6) is 0 Å². The maximum absolute atomic E-state index is 9.47. The van der Waals surface area contributed by atoms with Crippen LogP contribution >= 0.6 is 11.8 Å². The monoisotopic (exact) mass is 408 g/mol. The van der Waals surface area contributed by atoms with Gasteiger partial charge < -0.3 is 0 Å². The minimum Gasteiger partial charge on any atom is -0.264 e. The van der Waals surface area contributed by atoms with Crippen molar-refractivity contribution in [3.05, 3.63) is 119 Å². The summed E-state index contributed by atoms with van der Waals surface area (Å²) in [5, 5.41) is 10.4. The predicted molar refractivity (Wildman–Crippen MR) is 119 cm³/mol. The standard InChI is InChI=1S/C25H20N4S/c1-30-23-11-3-10-22(29-23)25(21-9-5-13-28-17-21)24(20-8-4-12-27-16-20)19-7-2-6-18(14-19)15-26/h2-14,16-17,24-25H,1H3. The number of rotatable bonds is 6. The van der Waals surface area contributed by atoms with Gasteiger partial charge in [0.05, 0.1) is 22.4 Å². The highest BCUT2D eigenvalue weighted by atomic mass is 32.2. The lowest BCUT2D eigenvalue weighted by atomic mass is 9.76. The van der Waals surface area contributed by atoms with Crippen LogP contribution < -0.4 is 0 Å². The molecule has 4 aromatic rings. The van der Waals surface area contributed by atoms with Crippen LogP contribution in [-0.2, 0) is 0 Å². The second kappa shape index (κ2) is 9.34. The van der Waals surface area contributed by atoms with Gasteiger partial charge in [0.1, 0.15) is 0 Å². The van der Waals surface area contributed by atoms with E-state index >= 15 is 0 Å². The molecule has 0 N–H and O–H groups in total. The summed E-state index contributed by atoms with van der Waals surface area (Å²) < 4.78 is 0. The second-order valence-electron chi connectivity index (χ2n) is 6.87. The highest BCUT2D eigenvalue weighted by Gasteiger charge is 2.30. The SMILES string of the molecule is CSc1cccc(C(c2cccnc2)C(c2cccnc2)c2cccc(C#N)c2)n1. The fourth-order valence-corrected chi connectivity index (χ4v) is 4.16. The minimum atomic E-state index is -0.0797. The third-order valence-electron chi connectivity index (χ3n) is 5.07. The van der Waals surface area contributed by atoms with Gasteiger partial charge in [0.2, 0.25) is 0 Å². The van der Waals surface area contributed by atoms with E-state index in [2.05, 4.69) is 40.3 Å². The largest absolute Gasteiger partial charge is 0.264 e. The third kappa shape index (κ3) is 4.24. The molecule has 0 spiro atoms. The van der Waals surface area contributed by atoms with E-state index in [1.54, 1.807) is 24.2 Å². The lowest BCUT2D eigenvalue weighted by Gasteiger charge is -2.28. The summed E-state index contributed by atoms with van der Waals surface area (Å²) in [6.45, 7) is 0. The van der Waals surface area contributed by atoms with Crippen LogP contribution in [-0.4, -0.2) is 21.2 Å². The quantitative estimate of drug-likeness (QED) is 0.398. The molecule has 3 heterocycles. The number of hydrogen-bond acceptors (Lipinski definition) is 5. The van der Waals surface area contributed by atoms with Gasteiger partial charge in [-0.2, -0.15) is 5.26 Å². The van der Waals surface area contributed by atoms with Crippen molar-refractivity contribution in [2.24, 2.45) is 0 Å². The Morgan fingerprint density at radius 1 is 0.800 bits per heavy atom. The van der Waals surface area contributed by atoms with Crippen LogP contribution in [0, 0.1) is 11.3 Å². The molecule has 2 unspecified atom stereocenters. The molecule has 2 atom stereocenters. The van der Waals surface area contributed by atoms with E-state index in [-0.39, 0.29) is 11.8 Å². The maximum Gasteiger partial charge on any atom is 0.0991 e. The first-order valence-corrected chi connectivity index (χ1v) is 10.8. The smallest absolute Gasteiger partial charge is 0.0991 e. The highest BCUT2D eigenvalue weighted by molar-refractivity contribution is 7.98. The molecular formula is C25H20N4S. The van der Waals surface area contributed by atoms with Gasteiger partial charge in [-0.05, 0) is 59.3 Å². The fraction of sp³-hybridized carbons (Fsp3) is 0.120. The van der Waals surface area contributed by atoms with Crippen molar-refractivity contribution < 1.29 is 0 Å². The van der Waals surface area contributed by atoms with Crippen molar-refractivity contribution in [2.45, 2.75) is 16.9 Å². The summed E-state index contributed by atoms with van der Waals surface area (Å²) in [7, 11) is 0. The van der Waals surface area contributed by atoms with Crippen LogP contribution in [0.15, 0.2) is 96.5 Å². The molecule has 0 amide bonds. The fourth-order valence-electron chi connectivity index (χ4n) is 3.75. The molecule has 4 nitrogen and oxygen atoms in total. The molecule has 0 saturated heterocycles. The predicted octanol–water partition coefficient (Wildman–Crippen LogP) is 5.43. The van der Waals surface area contributed by atoms with Crippen molar-refractivity contribution in [1.82, 2.24) is 15.0 Å². The number of nitriles is 1.